The molecule has 126 valence electrons. The standard InChI is InChI=1S/C20H28O3/c1-18(2,22)13-6-7-14-12(10-13)11-15-16-19(14,3)8-5-9-20(16,4)17(21)23-15/h10-11,14-16,22H,5-9H2,1-4H3. The molecule has 1 heterocycles. The average molecular weight is 316 g/mol. The molecule has 0 aromatic carbocycles. The quantitative estimate of drug-likeness (QED) is 0.749. The minimum absolute atomic E-state index is 0.000568. The van der Waals surface area contributed by atoms with Crippen LogP contribution in [0.4, 0.5) is 0 Å². The lowest BCUT2D eigenvalue weighted by molar-refractivity contribution is -0.148. The number of hydrogen-bond acceptors (Lipinski definition) is 3. The Morgan fingerprint density at radius 3 is 2.74 bits per heavy atom. The molecule has 3 heteroatoms. The summed E-state index contributed by atoms with van der Waals surface area (Å²) in [5, 5.41) is 10.4. The lowest BCUT2D eigenvalue weighted by Crippen LogP contribution is -2.53. The van der Waals surface area contributed by atoms with Gasteiger partial charge in [0.1, 0.15) is 6.10 Å². The van der Waals surface area contributed by atoms with Crippen LogP contribution in [0.5, 0.6) is 0 Å². The lowest BCUT2D eigenvalue weighted by atomic mass is 9.47. The number of hydrogen-bond donors (Lipinski definition) is 1. The highest BCUT2D eigenvalue weighted by molar-refractivity contribution is 5.80. The van der Waals surface area contributed by atoms with Gasteiger partial charge < -0.3 is 9.84 Å². The maximum atomic E-state index is 12.5. The minimum Gasteiger partial charge on any atom is -0.457 e. The van der Waals surface area contributed by atoms with E-state index in [2.05, 4.69) is 26.0 Å². The first-order chi connectivity index (χ1) is 10.7. The zero-order chi connectivity index (χ0) is 16.6. The minimum atomic E-state index is -0.767. The van der Waals surface area contributed by atoms with Crippen LogP contribution in [0.2, 0.25) is 0 Å². The Morgan fingerprint density at radius 1 is 1.30 bits per heavy atom. The van der Waals surface area contributed by atoms with Gasteiger partial charge in [-0.1, -0.05) is 19.4 Å². The second-order valence-electron chi connectivity index (χ2n) is 9.11. The van der Waals surface area contributed by atoms with Gasteiger partial charge >= 0.3 is 5.97 Å². The van der Waals surface area contributed by atoms with E-state index in [9.17, 15) is 9.90 Å². The van der Waals surface area contributed by atoms with Crippen LogP contribution >= 0.6 is 0 Å². The van der Waals surface area contributed by atoms with Crippen molar-refractivity contribution in [1.82, 2.24) is 0 Å². The van der Waals surface area contributed by atoms with E-state index < -0.39 is 5.60 Å². The summed E-state index contributed by atoms with van der Waals surface area (Å²) in [4.78, 5) is 12.5. The Balaban J connectivity index is 1.82. The molecule has 4 aliphatic rings. The van der Waals surface area contributed by atoms with E-state index in [0.717, 1.165) is 31.3 Å². The summed E-state index contributed by atoms with van der Waals surface area (Å²) in [5.41, 5.74) is 1.45. The summed E-state index contributed by atoms with van der Waals surface area (Å²) in [6.07, 6.45) is 9.57. The number of fused-ring (bicyclic) bond motifs is 2. The Kier molecular flexibility index (Phi) is 3.02. The van der Waals surface area contributed by atoms with Crippen LogP contribution in [0.3, 0.4) is 0 Å². The molecule has 1 saturated carbocycles. The summed E-state index contributed by atoms with van der Waals surface area (Å²) in [7, 11) is 0. The predicted molar refractivity (Wildman–Crippen MR) is 88.6 cm³/mol. The van der Waals surface area contributed by atoms with Crippen LogP contribution < -0.4 is 0 Å². The smallest absolute Gasteiger partial charge is 0.312 e. The Labute approximate surface area is 138 Å². The first-order valence-electron chi connectivity index (χ1n) is 9.02. The van der Waals surface area contributed by atoms with E-state index in [1.165, 1.54) is 12.0 Å². The summed E-state index contributed by atoms with van der Waals surface area (Å²) < 4.78 is 5.81. The topological polar surface area (TPSA) is 46.5 Å². The molecule has 5 atom stereocenters. The number of aliphatic hydroxyl groups is 1. The number of allylic oxidation sites excluding steroid dienone is 2. The van der Waals surface area contributed by atoms with Gasteiger partial charge in [-0.2, -0.15) is 0 Å². The molecule has 5 unspecified atom stereocenters. The number of ether oxygens (including phenoxy) is 1. The highest BCUT2D eigenvalue weighted by Gasteiger charge is 2.65. The number of carbonyl (C=O) groups is 1. The van der Waals surface area contributed by atoms with Gasteiger partial charge in [0.05, 0.1) is 11.0 Å². The molecular formula is C20H28O3. The van der Waals surface area contributed by atoms with Gasteiger partial charge in [0.15, 0.2) is 0 Å². The zero-order valence-electron chi connectivity index (χ0n) is 14.7. The predicted octanol–water partition coefficient (Wildman–Crippen LogP) is 3.77. The van der Waals surface area contributed by atoms with Crippen molar-refractivity contribution in [1.29, 1.82) is 0 Å². The maximum absolute atomic E-state index is 12.5. The van der Waals surface area contributed by atoms with E-state index in [0.29, 0.717) is 11.8 Å². The van der Waals surface area contributed by atoms with E-state index >= 15 is 0 Å². The van der Waals surface area contributed by atoms with E-state index in [4.69, 9.17) is 4.74 Å². The van der Waals surface area contributed by atoms with Crippen molar-refractivity contribution in [3.63, 3.8) is 0 Å². The molecule has 0 aromatic rings. The fraction of sp³-hybridized carbons (Fsp3) is 0.750. The van der Waals surface area contributed by atoms with E-state index in [-0.39, 0.29) is 22.9 Å². The van der Waals surface area contributed by atoms with Gasteiger partial charge in [-0.3, -0.25) is 4.79 Å². The van der Waals surface area contributed by atoms with Crippen LogP contribution in [-0.4, -0.2) is 22.8 Å². The van der Waals surface area contributed by atoms with Crippen molar-refractivity contribution in [3.8, 4) is 0 Å². The second-order valence-corrected chi connectivity index (χ2v) is 9.11. The van der Waals surface area contributed by atoms with Gasteiger partial charge in [-0.05, 0) is 75.0 Å². The van der Waals surface area contributed by atoms with Gasteiger partial charge in [0, 0.05) is 5.92 Å². The molecule has 2 fully saturated rings. The van der Waals surface area contributed by atoms with Crippen molar-refractivity contribution in [2.45, 2.75) is 71.5 Å². The summed E-state index contributed by atoms with van der Waals surface area (Å²) in [6.45, 7) is 8.22. The molecule has 0 spiro atoms. The summed E-state index contributed by atoms with van der Waals surface area (Å²) in [6, 6.07) is 0. The normalized spacial score (nSPS) is 45.6. The molecular weight excluding hydrogens is 288 g/mol. The summed E-state index contributed by atoms with van der Waals surface area (Å²) >= 11 is 0. The molecule has 0 aromatic heterocycles. The molecule has 0 radical (unpaired) electrons. The number of carbonyl (C=O) groups excluding carboxylic acids is 1. The van der Waals surface area contributed by atoms with Gasteiger partial charge in [-0.25, -0.2) is 0 Å². The molecule has 3 aliphatic carbocycles. The van der Waals surface area contributed by atoms with Gasteiger partial charge in [0.25, 0.3) is 0 Å². The molecule has 23 heavy (non-hydrogen) atoms. The Morgan fingerprint density at radius 2 is 2.04 bits per heavy atom. The van der Waals surface area contributed by atoms with E-state index in [1.54, 1.807) is 0 Å². The number of esters is 1. The molecule has 0 amide bonds. The van der Waals surface area contributed by atoms with Crippen molar-refractivity contribution in [2.24, 2.45) is 22.7 Å². The molecule has 1 saturated heterocycles. The monoisotopic (exact) mass is 316 g/mol. The molecule has 0 bridgehead atoms. The SMILES string of the molecule is CC(C)(O)C1=CC2=CC3OC(=O)C4(C)CCCC(C)(C2CC1)C34. The van der Waals surface area contributed by atoms with Crippen LogP contribution in [0, 0.1) is 22.7 Å². The molecule has 3 nitrogen and oxygen atoms in total. The summed E-state index contributed by atoms with van der Waals surface area (Å²) in [5.74, 6) is 0.798. The van der Waals surface area contributed by atoms with Gasteiger partial charge in [0.2, 0.25) is 0 Å². The third-order valence-electron chi connectivity index (χ3n) is 7.23. The van der Waals surface area contributed by atoms with Gasteiger partial charge in [-0.15, -0.1) is 0 Å². The van der Waals surface area contributed by atoms with E-state index in [1.807, 2.05) is 13.8 Å². The lowest BCUT2D eigenvalue weighted by Gasteiger charge is -2.55. The second kappa shape index (κ2) is 4.50. The fourth-order valence-electron chi connectivity index (χ4n) is 6.08. The molecule has 1 N–H and O–H groups in total. The Hall–Kier alpha value is -1.09. The van der Waals surface area contributed by atoms with Crippen LogP contribution in [-0.2, 0) is 9.53 Å². The average Bonchev–Trinajstić information content (AvgIpc) is 2.70. The zero-order valence-corrected chi connectivity index (χ0v) is 14.7. The first-order valence-corrected chi connectivity index (χ1v) is 9.02. The highest BCUT2D eigenvalue weighted by atomic mass is 16.6. The third kappa shape index (κ3) is 1.95. The van der Waals surface area contributed by atoms with Crippen molar-refractivity contribution in [2.75, 3.05) is 0 Å². The van der Waals surface area contributed by atoms with Crippen LogP contribution in [0.1, 0.15) is 59.8 Å². The number of rotatable bonds is 1. The fourth-order valence-corrected chi connectivity index (χ4v) is 6.08. The molecule has 4 rings (SSSR count). The maximum Gasteiger partial charge on any atom is 0.312 e. The third-order valence-corrected chi connectivity index (χ3v) is 7.23. The largest absolute Gasteiger partial charge is 0.457 e. The molecule has 1 aliphatic heterocycles. The van der Waals surface area contributed by atoms with Crippen molar-refractivity contribution >= 4 is 5.97 Å². The van der Waals surface area contributed by atoms with Crippen LogP contribution in [0.15, 0.2) is 23.3 Å². The van der Waals surface area contributed by atoms with Crippen molar-refractivity contribution < 1.29 is 14.6 Å². The van der Waals surface area contributed by atoms with Crippen molar-refractivity contribution in [3.05, 3.63) is 23.3 Å². The first kappa shape index (κ1) is 15.4. The Bertz CT molecular complexity index is 623. The highest BCUT2D eigenvalue weighted by Crippen LogP contribution is 2.65. The van der Waals surface area contributed by atoms with Crippen LogP contribution in [0.25, 0.3) is 0 Å².